The molecule has 6 aromatic rings. The summed E-state index contributed by atoms with van der Waals surface area (Å²) in [7, 11) is 0. The molecule has 2 heterocycles. The normalized spacial score (nSPS) is 30.9. The lowest BCUT2D eigenvalue weighted by Gasteiger charge is -2.77. The SMILES string of the molecule is CC1(C)CCC(C)(C)c2c(N(c3ccc4c(c3)C3(c5ccccc5O4)C4CC5CC6CC3C64C5)c3ccc4sc5ccccc5c4c3)cccc21. The molecule has 0 N–H and O–H groups in total. The first-order valence-electron chi connectivity index (χ1n) is 19.5. The summed E-state index contributed by atoms with van der Waals surface area (Å²) in [6.45, 7) is 9.84. The summed E-state index contributed by atoms with van der Waals surface area (Å²) in [5.41, 5.74) is 10.5. The number of rotatable bonds is 3. The number of anilines is 3. The molecule has 0 saturated heterocycles. The maximum atomic E-state index is 6.88. The minimum Gasteiger partial charge on any atom is -0.457 e. The van der Waals surface area contributed by atoms with Crippen LogP contribution in [0.3, 0.4) is 0 Å². The molecule has 6 aliphatic rings. The molecule has 3 heteroatoms. The Morgan fingerprint density at radius 1 is 0.627 bits per heavy atom. The van der Waals surface area contributed by atoms with Gasteiger partial charge >= 0.3 is 0 Å². The highest BCUT2D eigenvalue weighted by atomic mass is 32.1. The van der Waals surface area contributed by atoms with Crippen molar-refractivity contribution < 1.29 is 4.74 Å². The fraction of sp³-hybridized carbons (Fsp3) is 0.375. The van der Waals surface area contributed by atoms with Gasteiger partial charge in [0.25, 0.3) is 0 Å². The molecule has 1 aromatic heterocycles. The average Bonchev–Trinajstić information content (AvgIpc) is 3.79. The van der Waals surface area contributed by atoms with Crippen molar-refractivity contribution in [3.63, 3.8) is 0 Å². The smallest absolute Gasteiger partial charge is 0.131 e. The monoisotopic (exact) mass is 683 g/mol. The van der Waals surface area contributed by atoms with Crippen molar-refractivity contribution in [1.82, 2.24) is 0 Å². The van der Waals surface area contributed by atoms with Gasteiger partial charge in [-0.3, -0.25) is 0 Å². The van der Waals surface area contributed by atoms with Crippen LogP contribution in [-0.4, -0.2) is 0 Å². The molecule has 4 saturated carbocycles. The molecule has 5 aliphatic carbocycles. The Kier molecular flexibility index (Phi) is 5.48. The summed E-state index contributed by atoms with van der Waals surface area (Å²) in [6.07, 6.45) is 8.09. The lowest BCUT2D eigenvalue weighted by Crippen LogP contribution is -2.74. The highest BCUT2D eigenvalue weighted by Crippen LogP contribution is 2.89. The maximum Gasteiger partial charge on any atom is 0.131 e. The fourth-order valence-corrected chi connectivity index (χ4v) is 14.5. The average molecular weight is 684 g/mol. The number of ether oxygens (including phenoxy) is 1. The van der Waals surface area contributed by atoms with Crippen molar-refractivity contribution in [3.05, 3.63) is 125 Å². The third kappa shape index (κ3) is 3.46. The predicted molar refractivity (Wildman–Crippen MR) is 211 cm³/mol. The van der Waals surface area contributed by atoms with Crippen molar-refractivity contribution in [2.24, 2.45) is 29.1 Å². The van der Waals surface area contributed by atoms with Crippen molar-refractivity contribution >= 4 is 48.6 Å². The summed E-state index contributed by atoms with van der Waals surface area (Å²) in [5, 5.41) is 2.69. The summed E-state index contributed by atoms with van der Waals surface area (Å²) in [6, 6.07) is 39.6. The van der Waals surface area contributed by atoms with E-state index in [2.05, 4.69) is 136 Å². The van der Waals surface area contributed by atoms with Crippen LogP contribution in [0.15, 0.2) is 103 Å². The molecule has 51 heavy (non-hydrogen) atoms. The summed E-state index contributed by atoms with van der Waals surface area (Å²) in [5.74, 6) is 5.47. The first-order chi connectivity index (χ1) is 24.7. The Hall–Kier alpha value is -4.08. The molecular weight excluding hydrogens is 639 g/mol. The fourth-order valence-electron chi connectivity index (χ4n) is 13.4. The van der Waals surface area contributed by atoms with Crippen LogP contribution in [0.2, 0.25) is 0 Å². The predicted octanol–water partition coefficient (Wildman–Crippen LogP) is 13.3. The van der Waals surface area contributed by atoms with E-state index in [9.17, 15) is 0 Å². The minimum absolute atomic E-state index is 0.0441. The molecule has 6 atom stereocenters. The van der Waals surface area contributed by atoms with Gasteiger partial charge in [-0.1, -0.05) is 76.2 Å². The third-order valence-corrected chi connectivity index (χ3v) is 16.6. The van der Waals surface area contributed by atoms with Gasteiger partial charge < -0.3 is 9.64 Å². The summed E-state index contributed by atoms with van der Waals surface area (Å²) in [4.78, 5) is 2.63. The highest BCUT2D eigenvalue weighted by molar-refractivity contribution is 7.25. The Morgan fingerprint density at radius 2 is 1.35 bits per heavy atom. The van der Waals surface area contributed by atoms with Crippen LogP contribution in [0.25, 0.3) is 20.2 Å². The van der Waals surface area contributed by atoms with E-state index in [-0.39, 0.29) is 16.2 Å². The second-order valence-electron chi connectivity index (χ2n) is 18.4. The van der Waals surface area contributed by atoms with E-state index in [0.29, 0.717) is 5.41 Å². The molecule has 0 radical (unpaired) electrons. The molecule has 2 bridgehead atoms. The van der Waals surface area contributed by atoms with E-state index in [4.69, 9.17) is 4.74 Å². The van der Waals surface area contributed by atoms with E-state index >= 15 is 0 Å². The number of fused-ring (bicyclic) bond motifs is 11. The van der Waals surface area contributed by atoms with Crippen LogP contribution in [0.5, 0.6) is 11.5 Å². The topological polar surface area (TPSA) is 12.5 Å². The van der Waals surface area contributed by atoms with Crippen LogP contribution >= 0.6 is 11.3 Å². The van der Waals surface area contributed by atoms with Gasteiger partial charge in [-0.25, -0.2) is 0 Å². The first kappa shape index (κ1) is 29.5. The lowest BCUT2D eigenvalue weighted by atomic mass is 9.26. The van der Waals surface area contributed by atoms with Crippen molar-refractivity contribution in [2.75, 3.05) is 4.90 Å². The second kappa shape index (κ2) is 9.47. The van der Waals surface area contributed by atoms with Gasteiger partial charge in [0.15, 0.2) is 0 Å². The first-order valence-corrected chi connectivity index (χ1v) is 20.3. The Bertz CT molecular complexity index is 2490. The number of hydrogen-bond acceptors (Lipinski definition) is 3. The molecular formula is C48H45NOS. The number of thiophene rings is 1. The molecule has 2 nitrogen and oxygen atoms in total. The number of hydrogen-bond donors (Lipinski definition) is 0. The van der Waals surface area contributed by atoms with Crippen LogP contribution in [0.1, 0.15) is 88.5 Å². The zero-order valence-corrected chi connectivity index (χ0v) is 30.9. The van der Waals surface area contributed by atoms with Gasteiger partial charge in [-0.05, 0) is 144 Å². The molecule has 12 rings (SSSR count). The summed E-state index contributed by atoms with van der Waals surface area (Å²) >= 11 is 1.90. The number of benzene rings is 5. The highest BCUT2D eigenvalue weighted by Gasteiger charge is 2.84. The Labute approximate surface area is 305 Å². The van der Waals surface area contributed by atoms with E-state index in [1.807, 2.05) is 11.3 Å². The van der Waals surface area contributed by atoms with Gasteiger partial charge in [-0.2, -0.15) is 0 Å². The molecule has 6 unspecified atom stereocenters. The number of nitrogens with zero attached hydrogens (tertiary/aromatic N) is 1. The Morgan fingerprint density at radius 3 is 2.25 bits per heavy atom. The zero-order valence-electron chi connectivity index (χ0n) is 30.1. The van der Waals surface area contributed by atoms with E-state index in [1.54, 1.807) is 0 Å². The van der Waals surface area contributed by atoms with Gasteiger partial charge in [0, 0.05) is 48.1 Å². The van der Waals surface area contributed by atoms with Crippen molar-refractivity contribution in [3.8, 4) is 11.5 Å². The largest absolute Gasteiger partial charge is 0.457 e. The molecule has 2 spiro atoms. The number of para-hydroxylation sites is 1. The quantitative estimate of drug-likeness (QED) is 0.184. The molecule has 254 valence electrons. The van der Waals surface area contributed by atoms with Gasteiger partial charge in [0.2, 0.25) is 0 Å². The van der Waals surface area contributed by atoms with Crippen LogP contribution in [0, 0.1) is 29.1 Å². The molecule has 4 fully saturated rings. The zero-order chi connectivity index (χ0) is 34.1. The lowest BCUT2D eigenvalue weighted by molar-refractivity contribution is -0.235. The van der Waals surface area contributed by atoms with E-state index < -0.39 is 0 Å². The van der Waals surface area contributed by atoms with Crippen LogP contribution in [0.4, 0.5) is 17.1 Å². The maximum absolute atomic E-state index is 6.88. The third-order valence-electron chi connectivity index (χ3n) is 15.4. The van der Waals surface area contributed by atoms with Gasteiger partial charge in [0.1, 0.15) is 11.5 Å². The van der Waals surface area contributed by atoms with E-state index in [0.717, 1.165) is 35.2 Å². The standard InChI is InChI=1S/C48H45NOS/c1-45(2)20-21-46(3,4)44-35(45)12-9-13-37(44)49(30-17-19-41-33(25-30)32-10-5-8-15-40(32)51-41)31-16-18-39-36(26-31)48(34-11-6-7-14-38(34)50-39)42-23-28-22-29-24-43(48)47(29,42)27-28/h5-19,25-26,28-29,42-43H,20-24,27H2,1-4H3. The van der Waals surface area contributed by atoms with Gasteiger partial charge in [-0.15, -0.1) is 11.3 Å². The van der Waals surface area contributed by atoms with Crippen LogP contribution in [-0.2, 0) is 16.2 Å². The summed E-state index contributed by atoms with van der Waals surface area (Å²) < 4.78 is 9.58. The molecule has 5 aromatic carbocycles. The Balaban J connectivity index is 1.12. The minimum atomic E-state index is 0.0441. The van der Waals surface area contributed by atoms with E-state index in [1.165, 1.54) is 98.0 Å². The van der Waals surface area contributed by atoms with Crippen molar-refractivity contribution in [1.29, 1.82) is 0 Å². The molecule has 1 aliphatic heterocycles. The van der Waals surface area contributed by atoms with Gasteiger partial charge in [0.05, 0.1) is 5.69 Å². The van der Waals surface area contributed by atoms with Crippen molar-refractivity contribution in [2.45, 2.75) is 82.5 Å². The second-order valence-corrected chi connectivity index (χ2v) is 19.5. The molecule has 0 amide bonds. The van der Waals surface area contributed by atoms with Crippen LogP contribution < -0.4 is 9.64 Å².